The van der Waals surface area contributed by atoms with Crippen molar-refractivity contribution in [3.05, 3.63) is 408 Å². The molecule has 0 aliphatic rings. The molecule has 0 aliphatic carbocycles. The minimum Gasteiger partial charge on any atom is -0.496 e. The number of aliphatic hydroxyl groups excluding tert-OH is 1. The molecule has 0 radical (unpaired) electrons. The largest absolute Gasteiger partial charge is 0.496 e. The molecule has 10 aromatic carbocycles. The second kappa shape index (κ2) is 50.3. The molecule has 0 saturated carbocycles. The van der Waals surface area contributed by atoms with Crippen LogP contribution in [-0.2, 0) is 78.5 Å². The van der Waals surface area contributed by atoms with E-state index in [-0.39, 0.29) is 53.4 Å². The van der Waals surface area contributed by atoms with Crippen LogP contribution in [0.4, 0.5) is 28.4 Å². The summed E-state index contributed by atoms with van der Waals surface area (Å²) in [5.41, 5.74) is 15.8. The fourth-order valence-electron chi connectivity index (χ4n) is 13.8. The van der Waals surface area contributed by atoms with E-state index in [2.05, 4.69) is 51.5 Å². The molecule has 0 aliphatic heterocycles. The molecule has 15 rings (SSSR count). The molecular formula is C105H96Cl5N10O17PS4. The zero-order chi connectivity index (χ0) is 103. The van der Waals surface area contributed by atoms with Gasteiger partial charge in [-0.3, -0.25) is 53.5 Å². The van der Waals surface area contributed by atoms with Crippen molar-refractivity contribution >= 4 is 163 Å². The van der Waals surface area contributed by atoms with Crippen LogP contribution in [-0.4, -0.2) is 139 Å². The first-order chi connectivity index (χ1) is 67.5. The zero-order valence-electron chi connectivity index (χ0n) is 77.6. The molecular weight excluding hydrogens is 2010 g/mol. The fourth-order valence-corrected chi connectivity index (χ4v) is 19.4. The summed E-state index contributed by atoms with van der Waals surface area (Å²) in [6.07, 6.45) is 13.3. The lowest BCUT2D eigenvalue weighted by Crippen LogP contribution is -2.14. The molecule has 142 heavy (non-hydrogen) atoms. The number of anilines is 5. The number of nitrogens with one attached hydrogen (secondary N) is 5. The number of amides is 5. The Morgan fingerprint density at radius 1 is 0.359 bits per heavy atom. The van der Waals surface area contributed by atoms with Crippen molar-refractivity contribution in [1.29, 1.82) is 0 Å². The lowest BCUT2D eigenvalue weighted by Gasteiger charge is -2.13. The number of hydrogen-bond acceptors (Lipinski definition) is 22. The third kappa shape index (κ3) is 33.3. The topological polar surface area (TPSA) is 402 Å². The smallest absolute Gasteiger partial charge is 0.259 e. The van der Waals surface area contributed by atoms with Crippen LogP contribution in [0.3, 0.4) is 0 Å². The number of halogens is 5. The van der Waals surface area contributed by atoms with Crippen LogP contribution >= 0.6 is 65.4 Å². The van der Waals surface area contributed by atoms with E-state index in [1.54, 1.807) is 263 Å². The highest BCUT2D eigenvalue weighted by molar-refractivity contribution is 7.91. The van der Waals surface area contributed by atoms with E-state index in [0.29, 0.717) is 167 Å². The number of hydrogen-bond donors (Lipinski definition) is 6. The number of aromatic nitrogens is 5. The monoisotopic (exact) mass is 2100 g/mol. The molecule has 2 atom stereocenters. The summed E-state index contributed by atoms with van der Waals surface area (Å²) in [5, 5.41) is 25.3. The summed E-state index contributed by atoms with van der Waals surface area (Å²) in [5.74, 6) is -1.60. The van der Waals surface area contributed by atoms with Crippen LogP contribution in [0.1, 0.15) is 104 Å². The van der Waals surface area contributed by atoms with Gasteiger partial charge in [0, 0.05) is 147 Å². The van der Waals surface area contributed by atoms with Crippen LogP contribution in [0.5, 0.6) is 5.75 Å². The molecule has 2 unspecified atom stereocenters. The zero-order valence-corrected chi connectivity index (χ0v) is 85.5. The van der Waals surface area contributed by atoms with Crippen molar-refractivity contribution < 1.29 is 76.6 Å². The first kappa shape index (κ1) is 109. The number of methoxy groups -OCH3 is 1. The van der Waals surface area contributed by atoms with Crippen molar-refractivity contribution in [2.75, 3.05) is 72.0 Å². The number of benzene rings is 10. The molecule has 732 valence electrons. The van der Waals surface area contributed by atoms with Gasteiger partial charge in [0.1, 0.15) is 5.75 Å². The van der Waals surface area contributed by atoms with Gasteiger partial charge in [0.05, 0.1) is 102 Å². The van der Waals surface area contributed by atoms with Gasteiger partial charge >= 0.3 is 0 Å². The standard InChI is InChI=1S/C22H22ClN2O3P.2C21H19ClN2O4S.C21H19ClN2O3S.C20H17ClN2O3S/c1-3-28-29(2,27)15-16-7-9-17(10-8-16)22(26)25-18-11-12-20(23)19(14-18)21-6-4-5-13-24-21;1-29(27,28)13-14-2-5-16(6-3-14)21(26)24-17-7-8-19(22)18(10-17)20-9-4-15(12-25)11-23-20;1-28-20-11-14(13-29(2,26)27)6-8-16(20)21(25)24-15-7-9-18(22)17(12-15)19-5-3-4-10-23-19;1-14(28(2,26)27)15-6-8-16(9-7-15)21(25)24-17-10-11-19(22)18(13-17)20-5-3-4-12-23-20;1-27(25,26)13-14-5-4-6-15(11-14)20(24)23-16-8-9-18(21)17(12-16)19-7-2-3-10-22-19/h4-14H,3,15H2,1-2H3,(H,25,26);2-11,25H,12-13H2,1H3,(H,24,26);3-12H,13H2,1-2H3,(H,24,25);3-14H,1-2H3,(H,24,25);2-12H,13H2,1H3,(H,23,24). The molecule has 0 fully saturated rings. The van der Waals surface area contributed by atoms with Crippen LogP contribution in [0, 0.1) is 0 Å². The van der Waals surface area contributed by atoms with E-state index in [4.69, 9.17) is 72.4 Å². The molecule has 6 N–H and O–H groups in total. The van der Waals surface area contributed by atoms with Gasteiger partial charge in [0.15, 0.2) is 39.3 Å². The third-order valence-corrected chi connectivity index (χ3v) is 28.3. The first-order valence-corrected chi connectivity index (χ1v) is 55.5. The van der Waals surface area contributed by atoms with Gasteiger partial charge < -0.3 is 41.0 Å². The van der Waals surface area contributed by atoms with Gasteiger partial charge in [-0.1, -0.05) is 143 Å². The normalized spacial score (nSPS) is 11.8. The van der Waals surface area contributed by atoms with Gasteiger partial charge in [-0.05, 0) is 253 Å². The molecule has 5 amide bonds. The summed E-state index contributed by atoms with van der Waals surface area (Å²) < 4.78 is 115. The highest BCUT2D eigenvalue weighted by atomic mass is 35.5. The van der Waals surface area contributed by atoms with E-state index in [0.717, 1.165) is 41.2 Å². The maximum atomic E-state index is 12.8. The maximum absolute atomic E-state index is 12.8. The van der Waals surface area contributed by atoms with E-state index in [1.165, 1.54) is 13.4 Å². The Bertz CT molecular complexity index is 7580. The predicted molar refractivity (Wildman–Crippen MR) is 566 cm³/mol. The highest BCUT2D eigenvalue weighted by Crippen LogP contribution is 2.46. The van der Waals surface area contributed by atoms with Gasteiger partial charge in [-0.25, -0.2) is 33.7 Å². The Morgan fingerprint density at radius 2 is 0.683 bits per heavy atom. The number of carbonyl (C=O) groups excluding carboxylic acids is 5. The second-order valence-corrected chi connectivity index (χ2v) is 45.8. The van der Waals surface area contributed by atoms with E-state index >= 15 is 0 Å². The molecule has 27 nitrogen and oxygen atoms in total. The molecule has 0 bridgehead atoms. The summed E-state index contributed by atoms with van der Waals surface area (Å²) in [4.78, 5) is 84.5. The Balaban J connectivity index is 0.000000170. The Hall–Kier alpha value is -13.5. The number of pyridine rings is 5. The van der Waals surface area contributed by atoms with Gasteiger partial charge in [-0.2, -0.15) is 0 Å². The van der Waals surface area contributed by atoms with Gasteiger partial charge in [0.25, 0.3) is 29.5 Å². The number of carbonyl (C=O) groups is 5. The summed E-state index contributed by atoms with van der Waals surface area (Å²) in [6.45, 7) is 5.38. The molecule has 37 heteroatoms. The number of sulfone groups is 4. The summed E-state index contributed by atoms with van der Waals surface area (Å²) in [7, 11) is -13.9. The predicted octanol–water partition coefficient (Wildman–Crippen LogP) is 23.0. The molecule has 0 saturated heterocycles. The number of rotatable bonds is 29. The SMILES string of the molecule is CC(c1ccc(C(=O)Nc2ccc(Cl)c(-c3ccccn3)c2)cc1)S(C)(=O)=O.CCOP(C)(=O)Cc1ccc(C(=O)Nc2ccc(Cl)c(-c3ccccn3)c2)cc1.COc1cc(CS(C)(=O)=O)ccc1C(=O)Nc1ccc(Cl)c(-c2ccccn2)c1.CS(=O)(=O)Cc1ccc(C(=O)Nc2ccc(Cl)c(-c3ccc(CO)cn3)c2)cc1.CS(=O)(=O)Cc1cccc(C(=O)Nc2ccc(Cl)c(-c3ccccn3)c2)c1. The minimum absolute atomic E-state index is 0.0719. The molecule has 0 spiro atoms. The highest BCUT2D eigenvalue weighted by Gasteiger charge is 2.23. The number of aliphatic hydroxyl groups is 1. The summed E-state index contributed by atoms with van der Waals surface area (Å²) in [6, 6.07) is 82.6. The van der Waals surface area contributed by atoms with Crippen molar-refractivity contribution in [1.82, 2.24) is 24.9 Å². The van der Waals surface area contributed by atoms with E-state index in [9.17, 15) is 62.2 Å². The van der Waals surface area contributed by atoms with Crippen LogP contribution in [0.15, 0.2) is 322 Å². The lowest BCUT2D eigenvalue weighted by molar-refractivity contribution is 0.101. The van der Waals surface area contributed by atoms with Crippen LogP contribution in [0.2, 0.25) is 25.1 Å². The van der Waals surface area contributed by atoms with Crippen molar-refractivity contribution in [3.8, 4) is 62.0 Å². The number of nitrogens with zero attached hydrogens (tertiary/aromatic N) is 5. The molecule has 5 heterocycles. The quantitative estimate of drug-likeness (QED) is 0.0237. The second-order valence-electron chi connectivity index (χ2n) is 32.3. The van der Waals surface area contributed by atoms with E-state index in [1.807, 2.05) is 79.7 Å². The van der Waals surface area contributed by atoms with Gasteiger partial charge in [0.2, 0.25) is 7.37 Å². The Morgan fingerprint density at radius 3 is 1.01 bits per heavy atom. The minimum atomic E-state index is -3.19. The van der Waals surface area contributed by atoms with Crippen molar-refractivity contribution in [2.24, 2.45) is 0 Å². The Labute approximate surface area is 849 Å². The Kier molecular flexibility index (Phi) is 38.5. The van der Waals surface area contributed by atoms with Gasteiger partial charge in [-0.15, -0.1) is 0 Å². The van der Waals surface area contributed by atoms with Crippen LogP contribution < -0.4 is 31.3 Å². The van der Waals surface area contributed by atoms with E-state index < -0.39 is 52.0 Å². The molecule has 5 aromatic heterocycles. The average Bonchev–Trinajstić information content (AvgIpc) is 0.819. The van der Waals surface area contributed by atoms with Crippen molar-refractivity contribution in [3.63, 3.8) is 0 Å². The maximum Gasteiger partial charge on any atom is 0.259 e. The average molecular weight is 2110 g/mol. The third-order valence-electron chi connectivity index (χ3n) is 20.7. The van der Waals surface area contributed by atoms with Crippen molar-refractivity contribution in [2.45, 2.75) is 49.1 Å². The van der Waals surface area contributed by atoms with Crippen LogP contribution in [0.25, 0.3) is 56.3 Å². The first-order valence-electron chi connectivity index (χ1n) is 43.2. The number of ether oxygens (including phenoxy) is 1. The fraction of sp³-hybridized carbons (Fsp3) is 0.143. The lowest BCUT2D eigenvalue weighted by atomic mass is 10.1. The molecule has 15 aromatic rings. The summed E-state index contributed by atoms with van der Waals surface area (Å²) >= 11 is 31.4.